The third-order valence-corrected chi connectivity index (χ3v) is 4.33. The van der Waals surface area contributed by atoms with Crippen LogP contribution in [0.5, 0.6) is 0 Å². The molecule has 0 aliphatic heterocycles. The summed E-state index contributed by atoms with van der Waals surface area (Å²) >= 11 is 0. The van der Waals surface area contributed by atoms with Crippen LogP contribution >= 0.6 is 0 Å². The first kappa shape index (κ1) is 20.8. The first-order valence-corrected chi connectivity index (χ1v) is 8.45. The van der Waals surface area contributed by atoms with E-state index in [9.17, 15) is 0 Å². The van der Waals surface area contributed by atoms with Gasteiger partial charge in [-0.3, -0.25) is 0 Å². The Morgan fingerprint density at radius 2 is 0.857 bits per heavy atom. The normalized spacial score (nSPS) is 12.9. The van der Waals surface area contributed by atoms with Gasteiger partial charge in [-0.15, -0.1) is 0 Å². The molecule has 0 heterocycles. The number of methoxy groups -OCH3 is 2. The van der Waals surface area contributed by atoms with E-state index in [0.717, 1.165) is 35.3 Å². The lowest BCUT2D eigenvalue weighted by Crippen LogP contribution is -2.43. The zero-order valence-corrected chi connectivity index (χ0v) is 15.5. The number of hydrogen-bond donors (Lipinski definition) is 0. The molecule has 0 N–H and O–H groups in total. The molecule has 0 unspecified atom stereocenters. The number of hydrogen-bond acceptors (Lipinski definition) is 2. The third kappa shape index (κ3) is 13.2. The van der Waals surface area contributed by atoms with Crippen LogP contribution in [0.3, 0.4) is 0 Å². The maximum Gasteiger partial charge on any atom is 0.102 e. The lowest BCUT2D eigenvalue weighted by atomic mass is 10.1. The summed E-state index contributed by atoms with van der Waals surface area (Å²) in [5, 5.41) is 0. The van der Waals surface area contributed by atoms with Crippen molar-refractivity contribution >= 4 is 0 Å². The van der Waals surface area contributed by atoms with Crippen molar-refractivity contribution in [3.63, 3.8) is 0 Å². The van der Waals surface area contributed by atoms with Gasteiger partial charge in [0.05, 0.1) is 54.5 Å². The summed E-state index contributed by atoms with van der Waals surface area (Å²) < 4.78 is 12.5. The molecule has 0 aromatic carbocycles. The van der Waals surface area contributed by atoms with Crippen molar-refractivity contribution in [2.45, 2.75) is 32.1 Å². The monoisotopic (exact) mass is 304 g/mol. The highest BCUT2D eigenvalue weighted by Gasteiger charge is 2.15. The Balaban J connectivity index is 3.51. The van der Waals surface area contributed by atoms with Crippen LogP contribution in [-0.4, -0.2) is 90.8 Å². The van der Waals surface area contributed by atoms with E-state index in [4.69, 9.17) is 9.47 Å². The second kappa shape index (κ2) is 11.4. The van der Waals surface area contributed by atoms with E-state index in [1.165, 1.54) is 45.2 Å². The molecule has 0 bridgehead atoms. The van der Waals surface area contributed by atoms with Crippen molar-refractivity contribution < 1.29 is 18.4 Å². The van der Waals surface area contributed by atoms with E-state index in [1.807, 2.05) is 0 Å². The summed E-state index contributed by atoms with van der Waals surface area (Å²) in [6.07, 6.45) is 6.76. The first-order valence-electron chi connectivity index (χ1n) is 8.45. The number of unbranched alkanes of at least 4 members (excludes halogenated alkanes) is 4. The van der Waals surface area contributed by atoms with Gasteiger partial charge in [0.25, 0.3) is 0 Å². The summed E-state index contributed by atoms with van der Waals surface area (Å²) in [6.45, 7) is 6.48. The van der Waals surface area contributed by atoms with E-state index in [1.54, 1.807) is 14.2 Å². The van der Waals surface area contributed by atoms with Crippen LogP contribution in [0.2, 0.25) is 0 Å². The average molecular weight is 305 g/mol. The molecule has 21 heavy (non-hydrogen) atoms. The number of ether oxygens (including phenoxy) is 2. The van der Waals surface area contributed by atoms with Crippen molar-refractivity contribution in [3.05, 3.63) is 0 Å². The van der Waals surface area contributed by atoms with Gasteiger partial charge in [-0.2, -0.15) is 0 Å². The molecular weight excluding hydrogens is 264 g/mol. The molecule has 0 aliphatic rings. The van der Waals surface area contributed by atoms with Crippen LogP contribution in [0.1, 0.15) is 32.1 Å². The molecule has 0 spiro atoms. The van der Waals surface area contributed by atoms with Gasteiger partial charge in [-0.05, 0) is 25.7 Å². The molecule has 4 heteroatoms. The molecule has 0 aromatic heterocycles. The minimum atomic E-state index is 0.863. The smallest absolute Gasteiger partial charge is 0.102 e. The van der Waals surface area contributed by atoms with Crippen LogP contribution < -0.4 is 0 Å². The molecule has 0 amide bonds. The Kier molecular flexibility index (Phi) is 11.3. The van der Waals surface area contributed by atoms with Gasteiger partial charge in [0.15, 0.2) is 0 Å². The van der Waals surface area contributed by atoms with Crippen LogP contribution in [-0.2, 0) is 9.47 Å². The summed E-state index contributed by atoms with van der Waals surface area (Å²) in [5.74, 6) is 0. The van der Waals surface area contributed by atoms with Crippen molar-refractivity contribution in [2.24, 2.45) is 0 Å². The molecule has 0 fully saturated rings. The van der Waals surface area contributed by atoms with E-state index in [0.29, 0.717) is 0 Å². The molecule has 0 radical (unpaired) electrons. The van der Waals surface area contributed by atoms with Gasteiger partial charge in [0.2, 0.25) is 0 Å². The Morgan fingerprint density at radius 1 is 0.524 bits per heavy atom. The van der Waals surface area contributed by atoms with Crippen LogP contribution in [0.15, 0.2) is 0 Å². The molecule has 0 aromatic rings. The fourth-order valence-corrected chi connectivity index (χ4v) is 2.51. The Morgan fingerprint density at radius 3 is 1.19 bits per heavy atom. The largest absolute Gasteiger partial charge is 0.379 e. The number of quaternary nitrogens is 2. The molecule has 0 rings (SSSR count). The maximum atomic E-state index is 5.17. The van der Waals surface area contributed by atoms with Gasteiger partial charge in [-0.25, -0.2) is 0 Å². The fourth-order valence-electron chi connectivity index (χ4n) is 2.51. The van der Waals surface area contributed by atoms with Gasteiger partial charge >= 0.3 is 0 Å². The van der Waals surface area contributed by atoms with E-state index >= 15 is 0 Å². The minimum Gasteiger partial charge on any atom is -0.379 e. The van der Waals surface area contributed by atoms with Crippen molar-refractivity contribution in [3.8, 4) is 0 Å². The van der Waals surface area contributed by atoms with Crippen LogP contribution in [0.4, 0.5) is 0 Å². The predicted octanol–water partition coefficient (Wildman–Crippen LogP) is 2.38. The minimum absolute atomic E-state index is 0.863. The maximum absolute atomic E-state index is 5.17. The second-order valence-electron chi connectivity index (χ2n) is 7.52. The lowest BCUT2D eigenvalue weighted by Gasteiger charge is -2.30. The summed E-state index contributed by atoms with van der Waals surface area (Å²) in [4.78, 5) is 0. The molecule has 128 valence electrons. The predicted molar refractivity (Wildman–Crippen MR) is 90.5 cm³/mol. The Hall–Kier alpha value is -0.160. The van der Waals surface area contributed by atoms with Gasteiger partial charge < -0.3 is 18.4 Å². The zero-order valence-electron chi connectivity index (χ0n) is 15.5. The molecule has 4 nitrogen and oxygen atoms in total. The van der Waals surface area contributed by atoms with E-state index < -0.39 is 0 Å². The number of likely N-dealkylation sites (N-methyl/N-ethyl adjacent to an activating group) is 2. The number of rotatable bonds is 14. The molecule has 0 saturated heterocycles. The zero-order chi connectivity index (χ0) is 16.2. The van der Waals surface area contributed by atoms with Crippen molar-refractivity contribution in [1.29, 1.82) is 0 Å². The van der Waals surface area contributed by atoms with Gasteiger partial charge in [-0.1, -0.05) is 6.42 Å². The standard InChI is InChI=1S/C17H40N2O2/c1-18(2,14-16-20-5)12-10-8-7-9-11-13-19(3,4)15-17-21-6/h7-17H2,1-6H3/q+2. The number of nitrogens with zero attached hydrogens (tertiary/aromatic N) is 2. The highest BCUT2D eigenvalue weighted by molar-refractivity contribution is 4.46. The average Bonchev–Trinajstić information content (AvgIpc) is 2.42. The molecule has 0 atom stereocenters. The summed E-state index contributed by atoms with van der Waals surface area (Å²) in [5.41, 5.74) is 0. The van der Waals surface area contributed by atoms with Gasteiger partial charge in [0, 0.05) is 14.2 Å². The SMILES string of the molecule is COCC[N+](C)(C)CCCCCCC[N+](C)(C)CCOC. The highest BCUT2D eigenvalue weighted by atomic mass is 16.5. The summed E-state index contributed by atoms with van der Waals surface area (Å²) in [6, 6.07) is 0. The van der Waals surface area contributed by atoms with Crippen molar-refractivity contribution in [2.75, 3.05) is 81.8 Å². The highest BCUT2D eigenvalue weighted by Crippen LogP contribution is 2.09. The molecule has 0 aliphatic carbocycles. The van der Waals surface area contributed by atoms with Gasteiger partial charge in [0.1, 0.15) is 13.1 Å². The van der Waals surface area contributed by atoms with Crippen molar-refractivity contribution in [1.82, 2.24) is 0 Å². The summed E-state index contributed by atoms with van der Waals surface area (Å²) in [7, 11) is 12.8. The van der Waals surface area contributed by atoms with E-state index in [-0.39, 0.29) is 0 Å². The first-order chi connectivity index (χ1) is 9.83. The topological polar surface area (TPSA) is 18.5 Å². The second-order valence-corrected chi connectivity index (χ2v) is 7.52. The quantitative estimate of drug-likeness (QED) is 0.362. The lowest BCUT2D eigenvalue weighted by molar-refractivity contribution is -0.891. The Labute approximate surface area is 133 Å². The third-order valence-electron chi connectivity index (χ3n) is 4.33. The van der Waals surface area contributed by atoms with Crippen LogP contribution in [0, 0.1) is 0 Å². The molecule has 0 saturated carbocycles. The Bertz CT molecular complexity index is 219. The molecular formula is C17H40N2O2+2. The van der Waals surface area contributed by atoms with E-state index in [2.05, 4.69) is 28.2 Å². The van der Waals surface area contributed by atoms with Crippen LogP contribution in [0.25, 0.3) is 0 Å². The fraction of sp³-hybridized carbons (Fsp3) is 1.00.